The lowest BCUT2D eigenvalue weighted by Gasteiger charge is -2.07. The molecule has 0 aliphatic carbocycles. The molecule has 0 saturated carbocycles. The molecule has 0 aliphatic heterocycles. The molecule has 0 amide bonds. The van der Waals surface area contributed by atoms with E-state index < -0.39 is 18.6 Å². The van der Waals surface area contributed by atoms with Crippen LogP contribution in [0.1, 0.15) is 23.3 Å². The van der Waals surface area contributed by atoms with Gasteiger partial charge in [-0.3, -0.25) is 0 Å². The van der Waals surface area contributed by atoms with E-state index in [4.69, 9.17) is 9.84 Å². The van der Waals surface area contributed by atoms with Crippen molar-refractivity contribution in [3.8, 4) is 5.75 Å². The summed E-state index contributed by atoms with van der Waals surface area (Å²) >= 11 is 0. The Labute approximate surface area is 95.0 Å². The molecule has 0 bridgehead atoms. The summed E-state index contributed by atoms with van der Waals surface area (Å²) in [6, 6.07) is 2.57. The predicted molar refractivity (Wildman–Crippen MR) is 52.0 cm³/mol. The smallest absolute Gasteiger partial charge is 0.389 e. The van der Waals surface area contributed by atoms with Gasteiger partial charge >= 0.3 is 12.1 Å². The molecular weight excluding hydrogens is 239 g/mol. The first-order chi connectivity index (χ1) is 7.88. The van der Waals surface area contributed by atoms with Crippen LogP contribution in [0.2, 0.25) is 0 Å². The minimum absolute atomic E-state index is 0.0897. The Morgan fingerprint density at radius 3 is 2.59 bits per heavy atom. The summed E-state index contributed by atoms with van der Waals surface area (Å²) in [5.41, 5.74) is -0.146. The van der Waals surface area contributed by atoms with Crippen LogP contribution in [0.15, 0.2) is 18.3 Å². The standard InChI is InChI=1S/C10H10F3NO3/c11-10(12,13)4-1-5-17-7-2-3-8(9(15)16)14-6-7/h2-3,6H,1,4-5H2,(H,15,16). The first kappa shape index (κ1) is 13.3. The fourth-order valence-corrected chi connectivity index (χ4v) is 1.05. The number of aromatic carboxylic acids is 1. The number of alkyl halides is 3. The van der Waals surface area contributed by atoms with E-state index in [0.717, 1.165) is 6.20 Å². The summed E-state index contributed by atoms with van der Waals surface area (Å²) in [6.07, 6.45) is -4.08. The van der Waals surface area contributed by atoms with Crippen molar-refractivity contribution < 1.29 is 27.8 Å². The number of carboxylic acids is 1. The Kier molecular flexibility index (Phi) is 4.30. The van der Waals surface area contributed by atoms with E-state index in [9.17, 15) is 18.0 Å². The van der Waals surface area contributed by atoms with Gasteiger partial charge in [-0.05, 0) is 18.6 Å². The van der Waals surface area contributed by atoms with Gasteiger partial charge in [0, 0.05) is 6.42 Å². The van der Waals surface area contributed by atoms with E-state index in [2.05, 4.69) is 4.98 Å². The van der Waals surface area contributed by atoms with Crippen LogP contribution in [0.25, 0.3) is 0 Å². The van der Waals surface area contributed by atoms with Gasteiger partial charge in [0.05, 0.1) is 12.8 Å². The molecule has 1 aromatic heterocycles. The molecule has 0 saturated heterocycles. The van der Waals surface area contributed by atoms with Crippen molar-refractivity contribution in [3.05, 3.63) is 24.0 Å². The highest BCUT2D eigenvalue weighted by molar-refractivity contribution is 5.85. The fraction of sp³-hybridized carbons (Fsp3) is 0.400. The van der Waals surface area contributed by atoms with Gasteiger partial charge in [-0.25, -0.2) is 9.78 Å². The molecule has 17 heavy (non-hydrogen) atoms. The van der Waals surface area contributed by atoms with Gasteiger partial charge in [0.1, 0.15) is 11.4 Å². The Morgan fingerprint density at radius 1 is 1.41 bits per heavy atom. The predicted octanol–water partition coefficient (Wildman–Crippen LogP) is 2.50. The van der Waals surface area contributed by atoms with E-state index in [1.54, 1.807) is 0 Å². The zero-order chi connectivity index (χ0) is 12.9. The molecule has 1 heterocycles. The van der Waals surface area contributed by atoms with Crippen molar-refractivity contribution >= 4 is 5.97 Å². The number of carbonyl (C=O) groups is 1. The molecule has 1 rings (SSSR count). The normalized spacial score (nSPS) is 11.2. The van der Waals surface area contributed by atoms with Gasteiger partial charge in [-0.15, -0.1) is 0 Å². The molecule has 1 aromatic rings. The molecule has 4 nitrogen and oxygen atoms in total. The average molecular weight is 249 g/mol. The Balaban J connectivity index is 2.35. The van der Waals surface area contributed by atoms with Crippen LogP contribution in [0.4, 0.5) is 13.2 Å². The summed E-state index contributed by atoms with van der Waals surface area (Å²) in [7, 11) is 0. The van der Waals surface area contributed by atoms with Gasteiger partial charge in [0.25, 0.3) is 0 Å². The van der Waals surface area contributed by atoms with Gasteiger partial charge in [0.15, 0.2) is 0 Å². The lowest BCUT2D eigenvalue weighted by Crippen LogP contribution is -2.10. The summed E-state index contributed by atoms with van der Waals surface area (Å²) in [6.45, 7) is -0.0897. The molecule has 0 atom stereocenters. The number of carboxylic acid groups (broad SMARTS) is 1. The van der Waals surface area contributed by atoms with Crippen LogP contribution in [-0.2, 0) is 0 Å². The third-order valence-electron chi connectivity index (χ3n) is 1.83. The lowest BCUT2D eigenvalue weighted by molar-refractivity contribution is -0.136. The maximum atomic E-state index is 11.8. The SMILES string of the molecule is O=C(O)c1ccc(OCCCC(F)(F)F)cn1. The molecule has 0 fully saturated rings. The van der Waals surface area contributed by atoms with Crippen molar-refractivity contribution in [2.75, 3.05) is 6.61 Å². The third kappa shape index (κ3) is 5.19. The number of aromatic nitrogens is 1. The second-order valence-electron chi connectivity index (χ2n) is 3.25. The number of halogens is 3. The fourth-order valence-electron chi connectivity index (χ4n) is 1.05. The Hall–Kier alpha value is -1.79. The minimum atomic E-state index is -4.19. The third-order valence-corrected chi connectivity index (χ3v) is 1.83. The van der Waals surface area contributed by atoms with E-state index in [1.165, 1.54) is 12.1 Å². The number of rotatable bonds is 5. The van der Waals surface area contributed by atoms with Gasteiger partial charge in [-0.1, -0.05) is 0 Å². The summed E-state index contributed by atoms with van der Waals surface area (Å²) in [4.78, 5) is 14.0. The van der Waals surface area contributed by atoms with Crippen LogP contribution in [0.3, 0.4) is 0 Å². The number of nitrogens with zero attached hydrogens (tertiary/aromatic N) is 1. The minimum Gasteiger partial charge on any atom is -0.492 e. The molecular formula is C10H10F3NO3. The van der Waals surface area contributed by atoms with E-state index >= 15 is 0 Å². The molecule has 0 unspecified atom stereocenters. The maximum Gasteiger partial charge on any atom is 0.389 e. The quantitative estimate of drug-likeness (QED) is 0.814. The van der Waals surface area contributed by atoms with Crippen molar-refractivity contribution in [2.24, 2.45) is 0 Å². The highest BCUT2D eigenvalue weighted by Crippen LogP contribution is 2.21. The molecule has 94 valence electrons. The second kappa shape index (κ2) is 5.51. The highest BCUT2D eigenvalue weighted by atomic mass is 19.4. The maximum absolute atomic E-state index is 11.8. The van der Waals surface area contributed by atoms with Crippen LogP contribution in [-0.4, -0.2) is 28.8 Å². The molecule has 1 N–H and O–H groups in total. The molecule has 7 heteroatoms. The highest BCUT2D eigenvalue weighted by Gasteiger charge is 2.26. The van der Waals surface area contributed by atoms with Gasteiger partial charge in [0.2, 0.25) is 0 Å². The monoisotopic (exact) mass is 249 g/mol. The Bertz CT molecular complexity index is 375. The molecule has 0 aromatic carbocycles. The first-order valence-corrected chi connectivity index (χ1v) is 4.77. The van der Waals surface area contributed by atoms with Crippen LogP contribution in [0, 0.1) is 0 Å². The summed E-state index contributed by atoms with van der Waals surface area (Å²) < 4.78 is 40.4. The average Bonchev–Trinajstić information content (AvgIpc) is 2.24. The number of ether oxygens (including phenoxy) is 1. The lowest BCUT2D eigenvalue weighted by atomic mass is 10.3. The summed E-state index contributed by atoms with van der Waals surface area (Å²) in [5.74, 6) is -0.925. The largest absolute Gasteiger partial charge is 0.492 e. The van der Waals surface area contributed by atoms with Crippen molar-refractivity contribution in [2.45, 2.75) is 19.0 Å². The number of hydrogen-bond donors (Lipinski definition) is 1. The topological polar surface area (TPSA) is 59.4 Å². The molecule has 0 aliphatic rings. The second-order valence-corrected chi connectivity index (χ2v) is 3.25. The van der Waals surface area contributed by atoms with Crippen LogP contribution < -0.4 is 4.74 Å². The van der Waals surface area contributed by atoms with Gasteiger partial charge in [-0.2, -0.15) is 13.2 Å². The number of pyridine rings is 1. The number of hydrogen-bond acceptors (Lipinski definition) is 3. The first-order valence-electron chi connectivity index (χ1n) is 4.77. The van der Waals surface area contributed by atoms with Gasteiger partial charge < -0.3 is 9.84 Å². The Morgan fingerprint density at radius 2 is 2.12 bits per heavy atom. The zero-order valence-electron chi connectivity index (χ0n) is 8.70. The zero-order valence-corrected chi connectivity index (χ0v) is 8.70. The molecule has 0 radical (unpaired) electrons. The van der Waals surface area contributed by atoms with Crippen LogP contribution in [0.5, 0.6) is 5.75 Å². The molecule has 0 spiro atoms. The van der Waals surface area contributed by atoms with Crippen molar-refractivity contribution in [3.63, 3.8) is 0 Å². The van der Waals surface area contributed by atoms with E-state index in [1.807, 2.05) is 0 Å². The van der Waals surface area contributed by atoms with E-state index in [-0.39, 0.29) is 24.5 Å². The summed E-state index contributed by atoms with van der Waals surface area (Å²) in [5, 5.41) is 8.55. The van der Waals surface area contributed by atoms with Crippen molar-refractivity contribution in [1.82, 2.24) is 4.98 Å². The van der Waals surface area contributed by atoms with E-state index in [0.29, 0.717) is 0 Å². The van der Waals surface area contributed by atoms with Crippen molar-refractivity contribution in [1.29, 1.82) is 0 Å². The van der Waals surface area contributed by atoms with Crippen LogP contribution >= 0.6 is 0 Å².